The molecular formula is C11H20ClN5S. The van der Waals surface area contributed by atoms with Crippen LogP contribution in [0, 0.1) is 0 Å². The Morgan fingerprint density at radius 3 is 2.67 bits per heavy atom. The monoisotopic (exact) mass is 289 g/mol. The molecule has 1 rings (SSSR count). The molecule has 0 aliphatic carbocycles. The van der Waals surface area contributed by atoms with E-state index in [4.69, 9.17) is 11.6 Å². The molecule has 0 aliphatic rings. The first-order chi connectivity index (χ1) is 8.65. The van der Waals surface area contributed by atoms with Crippen molar-refractivity contribution < 1.29 is 0 Å². The van der Waals surface area contributed by atoms with Gasteiger partial charge in [-0.05, 0) is 43.4 Å². The molecule has 2 N–H and O–H groups in total. The van der Waals surface area contributed by atoms with Crippen molar-refractivity contribution in [1.29, 1.82) is 0 Å². The van der Waals surface area contributed by atoms with Crippen LogP contribution in [-0.4, -0.2) is 39.5 Å². The molecule has 0 amide bonds. The molecule has 0 spiro atoms. The van der Waals surface area contributed by atoms with Crippen molar-refractivity contribution in [3.8, 4) is 0 Å². The van der Waals surface area contributed by atoms with Gasteiger partial charge in [-0.3, -0.25) is 0 Å². The lowest BCUT2D eigenvalue weighted by Crippen LogP contribution is -2.19. The fourth-order valence-corrected chi connectivity index (χ4v) is 2.07. The molecule has 18 heavy (non-hydrogen) atoms. The molecule has 0 fully saturated rings. The second kappa shape index (κ2) is 8.37. The highest BCUT2D eigenvalue weighted by atomic mass is 35.5. The number of thioether (sulfide) groups is 1. The number of halogens is 1. The van der Waals surface area contributed by atoms with Crippen molar-refractivity contribution in [3.63, 3.8) is 0 Å². The van der Waals surface area contributed by atoms with E-state index in [0.717, 1.165) is 25.1 Å². The number of hydrogen-bond acceptors (Lipinski definition) is 6. The van der Waals surface area contributed by atoms with Gasteiger partial charge in [0.25, 0.3) is 0 Å². The number of rotatable bonds is 8. The minimum atomic E-state index is 0.211. The maximum absolute atomic E-state index is 5.87. The molecule has 1 aromatic heterocycles. The average Bonchev–Trinajstić information content (AvgIpc) is 2.33. The summed E-state index contributed by atoms with van der Waals surface area (Å²) in [6.07, 6.45) is 4.16. The summed E-state index contributed by atoms with van der Waals surface area (Å²) in [6.45, 7) is 5.01. The summed E-state index contributed by atoms with van der Waals surface area (Å²) in [7, 11) is 0. The van der Waals surface area contributed by atoms with Crippen molar-refractivity contribution in [1.82, 2.24) is 15.0 Å². The third kappa shape index (κ3) is 5.73. The number of aromatic nitrogens is 3. The van der Waals surface area contributed by atoms with Crippen LogP contribution in [-0.2, 0) is 0 Å². The fourth-order valence-electron chi connectivity index (χ4n) is 1.32. The predicted octanol–water partition coefficient (Wildman–Crippen LogP) is 2.90. The Balaban J connectivity index is 2.61. The average molecular weight is 290 g/mol. The zero-order chi connectivity index (χ0) is 13.4. The minimum Gasteiger partial charge on any atom is -0.354 e. The van der Waals surface area contributed by atoms with Gasteiger partial charge < -0.3 is 10.6 Å². The highest BCUT2D eigenvalue weighted by molar-refractivity contribution is 7.98. The Bertz CT molecular complexity index is 363. The van der Waals surface area contributed by atoms with E-state index in [1.54, 1.807) is 0 Å². The lowest BCUT2D eigenvalue weighted by Gasteiger charge is -2.13. The standard InChI is InChI=1S/C11H20ClN5S/c1-4-6-13-10-15-9(12)16-11(17-10)14-8(2)5-7-18-3/h8H,4-7H2,1-3H3,(H2,13,14,15,16,17). The molecule has 0 bridgehead atoms. The molecule has 0 saturated carbocycles. The first-order valence-corrected chi connectivity index (χ1v) is 7.83. The topological polar surface area (TPSA) is 62.7 Å². The van der Waals surface area contributed by atoms with E-state index in [-0.39, 0.29) is 5.28 Å². The summed E-state index contributed by atoms with van der Waals surface area (Å²) in [4.78, 5) is 12.4. The smallest absolute Gasteiger partial charge is 0.229 e. The lowest BCUT2D eigenvalue weighted by molar-refractivity contribution is 0.758. The molecule has 0 aliphatic heterocycles. The highest BCUT2D eigenvalue weighted by Gasteiger charge is 2.07. The van der Waals surface area contributed by atoms with Gasteiger partial charge in [0.2, 0.25) is 17.2 Å². The third-order valence-corrected chi connectivity index (χ3v) is 3.08. The van der Waals surface area contributed by atoms with Crippen LogP contribution in [0.2, 0.25) is 5.28 Å². The number of nitrogens with one attached hydrogen (secondary N) is 2. The van der Waals surface area contributed by atoms with Crippen molar-refractivity contribution in [3.05, 3.63) is 5.28 Å². The number of nitrogens with zero attached hydrogens (tertiary/aromatic N) is 3. The maximum Gasteiger partial charge on any atom is 0.229 e. The van der Waals surface area contributed by atoms with E-state index in [9.17, 15) is 0 Å². The molecule has 1 aromatic rings. The first kappa shape index (κ1) is 15.3. The van der Waals surface area contributed by atoms with Gasteiger partial charge in [0, 0.05) is 12.6 Å². The van der Waals surface area contributed by atoms with Crippen LogP contribution in [0.3, 0.4) is 0 Å². The molecule has 0 aromatic carbocycles. The molecule has 1 heterocycles. The van der Waals surface area contributed by atoms with E-state index in [0.29, 0.717) is 17.9 Å². The van der Waals surface area contributed by atoms with Crippen LogP contribution >= 0.6 is 23.4 Å². The van der Waals surface area contributed by atoms with Crippen LogP contribution < -0.4 is 10.6 Å². The van der Waals surface area contributed by atoms with E-state index in [2.05, 4.69) is 45.7 Å². The molecular weight excluding hydrogens is 270 g/mol. The maximum atomic E-state index is 5.87. The Kier molecular flexibility index (Phi) is 7.12. The number of anilines is 2. The Morgan fingerprint density at radius 1 is 1.28 bits per heavy atom. The van der Waals surface area contributed by atoms with Gasteiger partial charge in [-0.15, -0.1) is 0 Å². The van der Waals surface area contributed by atoms with Crippen molar-refractivity contribution in [2.24, 2.45) is 0 Å². The van der Waals surface area contributed by atoms with Crippen molar-refractivity contribution in [2.45, 2.75) is 32.7 Å². The molecule has 1 atom stereocenters. The SMILES string of the molecule is CCCNc1nc(Cl)nc(NC(C)CCSC)n1. The van der Waals surface area contributed by atoms with Crippen molar-refractivity contribution in [2.75, 3.05) is 29.2 Å². The van der Waals surface area contributed by atoms with Gasteiger partial charge in [-0.1, -0.05) is 6.92 Å². The molecule has 0 radical (unpaired) electrons. The Morgan fingerprint density at radius 2 is 2.00 bits per heavy atom. The summed E-state index contributed by atoms with van der Waals surface area (Å²) in [6, 6.07) is 0.315. The predicted molar refractivity (Wildman–Crippen MR) is 79.7 cm³/mol. The molecule has 5 nitrogen and oxygen atoms in total. The molecule has 0 saturated heterocycles. The zero-order valence-electron chi connectivity index (χ0n) is 11.0. The van der Waals surface area contributed by atoms with Crippen LogP contribution in [0.1, 0.15) is 26.7 Å². The van der Waals surface area contributed by atoms with Crippen molar-refractivity contribution >= 4 is 35.3 Å². The van der Waals surface area contributed by atoms with Crippen LogP contribution in [0.15, 0.2) is 0 Å². The normalized spacial score (nSPS) is 12.2. The van der Waals surface area contributed by atoms with E-state index in [1.165, 1.54) is 0 Å². The minimum absolute atomic E-state index is 0.211. The summed E-state index contributed by atoms with van der Waals surface area (Å²) in [5.41, 5.74) is 0. The Labute approximate surface area is 118 Å². The zero-order valence-corrected chi connectivity index (χ0v) is 12.6. The van der Waals surface area contributed by atoms with Gasteiger partial charge in [0.1, 0.15) is 0 Å². The lowest BCUT2D eigenvalue weighted by atomic mass is 10.3. The molecule has 1 unspecified atom stereocenters. The third-order valence-electron chi connectivity index (χ3n) is 2.27. The summed E-state index contributed by atoms with van der Waals surface area (Å²) in [5, 5.41) is 6.55. The van der Waals surface area contributed by atoms with Crippen LogP contribution in [0.25, 0.3) is 0 Å². The van der Waals surface area contributed by atoms with Crippen LogP contribution in [0.4, 0.5) is 11.9 Å². The van der Waals surface area contributed by atoms with Gasteiger partial charge >= 0.3 is 0 Å². The Hall–Kier alpha value is -0.750. The molecule has 7 heteroatoms. The van der Waals surface area contributed by atoms with Gasteiger partial charge in [0.15, 0.2) is 0 Å². The summed E-state index contributed by atoms with van der Waals surface area (Å²) in [5.74, 6) is 2.16. The number of hydrogen-bond donors (Lipinski definition) is 2. The van der Waals surface area contributed by atoms with E-state index in [1.807, 2.05) is 11.8 Å². The van der Waals surface area contributed by atoms with Gasteiger partial charge in [-0.2, -0.15) is 26.7 Å². The fraction of sp³-hybridized carbons (Fsp3) is 0.727. The van der Waals surface area contributed by atoms with Gasteiger partial charge in [-0.25, -0.2) is 0 Å². The second-order valence-electron chi connectivity index (χ2n) is 4.01. The summed E-state index contributed by atoms with van der Waals surface area (Å²) < 4.78 is 0. The second-order valence-corrected chi connectivity index (χ2v) is 5.33. The van der Waals surface area contributed by atoms with Gasteiger partial charge in [0.05, 0.1) is 0 Å². The highest BCUT2D eigenvalue weighted by Crippen LogP contribution is 2.12. The first-order valence-electron chi connectivity index (χ1n) is 6.06. The summed E-state index contributed by atoms with van der Waals surface area (Å²) >= 11 is 7.70. The van der Waals surface area contributed by atoms with E-state index >= 15 is 0 Å². The van der Waals surface area contributed by atoms with E-state index < -0.39 is 0 Å². The largest absolute Gasteiger partial charge is 0.354 e. The quantitative estimate of drug-likeness (QED) is 0.767. The molecule has 102 valence electrons. The van der Waals surface area contributed by atoms with Crippen LogP contribution in [0.5, 0.6) is 0 Å².